The molecule has 1 amide bonds. The summed E-state index contributed by atoms with van der Waals surface area (Å²) in [5.41, 5.74) is 2.53. The monoisotopic (exact) mass is 278 g/mol. The van der Waals surface area contributed by atoms with E-state index in [0.29, 0.717) is 6.54 Å². The standard InChI is InChI=1S/C13H14N2O3S/c1-8-11(19-7-14-8)6-15(2)13(18)12-9(16)4-3-5-10(12)17/h3-5,7,16-17H,6H2,1-2H3. The maximum atomic E-state index is 12.2. The van der Waals surface area contributed by atoms with E-state index in [4.69, 9.17) is 0 Å². The highest BCUT2D eigenvalue weighted by Gasteiger charge is 2.20. The van der Waals surface area contributed by atoms with Gasteiger partial charge >= 0.3 is 0 Å². The maximum absolute atomic E-state index is 12.2. The van der Waals surface area contributed by atoms with Gasteiger partial charge in [-0.15, -0.1) is 11.3 Å². The van der Waals surface area contributed by atoms with Gasteiger partial charge in [-0.2, -0.15) is 0 Å². The molecule has 1 aromatic heterocycles. The smallest absolute Gasteiger partial charge is 0.261 e. The van der Waals surface area contributed by atoms with Crippen molar-refractivity contribution < 1.29 is 15.0 Å². The van der Waals surface area contributed by atoms with Crippen LogP contribution >= 0.6 is 11.3 Å². The highest BCUT2D eigenvalue weighted by Crippen LogP contribution is 2.28. The molecule has 0 bridgehead atoms. The molecule has 0 spiro atoms. The van der Waals surface area contributed by atoms with E-state index < -0.39 is 5.91 Å². The second kappa shape index (κ2) is 5.27. The summed E-state index contributed by atoms with van der Waals surface area (Å²) in [7, 11) is 1.62. The number of hydrogen-bond acceptors (Lipinski definition) is 5. The van der Waals surface area contributed by atoms with E-state index in [-0.39, 0.29) is 17.1 Å². The Hall–Kier alpha value is -2.08. The molecule has 0 aliphatic rings. The molecule has 0 saturated carbocycles. The average molecular weight is 278 g/mol. The van der Waals surface area contributed by atoms with Crippen molar-refractivity contribution in [3.8, 4) is 11.5 Å². The topological polar surface area (TPSA) is 73.7 Å². The maximum Gasteiger partial charge on any atom is 0.261 e. The number of thiazole rings is 1. The minimum atomic E-state index is -0.427. The van der Waals surface area contributed by atoms with Gasteiger partial charge in [0.05, 0.1) is 17.7 Å². The fourth-order valence-electron chi connectivity index (χ4n) is 1.70. The van der Waals surface area contributed by atoms with Crippen LogP contribution in [0.25, 0.3) is 0 Å². The molecule has 0 saturated heterocycles. The van der Waals surface area contributed by atoms with Gasteiger partial charge in [-0.05, 0) is 19.1 Å². The normalized spacial score (nSPS) is 10.4. The zero-order valence-electron chi connectivity index (χ0n) is 10.6. The molecule has 1 aromatic carbocycles. The number of nitrogens with zero attached hydrogens (tertiary/aromatic N) is 2. The van der Waals surface area contributed by atoms with Gasteiger partial charge in [0.1, 0.15) is 17.1 Å². The number of phenolic OH excluding ortho intramolecular Hbond substituents is 2. The van der Waals surface area contributed by atoms with Crippen molar-refractivity contribution >= 4 is 17.2 Å². The van der Waals surface area contributed by atoms with Gasteiger partial charge in [0.25, 0.3) is 5.91 Å². The molecule has 0 aliphatic carbocycles. The van der Waals surface area contributed by atoms with Crippen LogP contribution in [-0.2, 0) is 6.54 Å². The Morgan fingerprint density at radius 3 is 2.53 bits per heavy atom. The van der Waals surface area contributed by atoms with Gasteiger partial charge in [-0.3, -0.25) is 4.79 Å². The lowest BCUT2D eigenvalue weighted by Crippen LogP contribution is -2.26. The van der Waals surface area contributed by atoms with E-state index in [1.807, 2.05) is 6.92 Å². The molecule has 6 heteroatoms. The van der Waals surface area contributed by atoms with Crippen molar-refractivity contribution in [1.29, 1.82) is 0 Å². The number of carbonyl (C=O) groups excluding carboxylic acids is 1. The van der Waals surface area contributed by atoms with Crippen LogP contribution in [0.3, 0.4) is 0 Å². The van der Waals surface area contributed by atoms with E-state index in [2.05, 4.69) is 4.98 Å². The molecule has 1 heterocycles. The lowest BCUT2D eigenvalue weighted by Gasteiger charge is -2.17. The highest BCUT2D eigenvalue weighted by molar-refractivity contribution is 7.09. The number of benzene rings is 1. The number of phenols is 2. The Balaban J connectivity index is 2.22. The SMILES string of the molecule is Cc1ncsc1CN(C)C(=O)c1c(O)cccc1O. The first-order chi connectivity index (χ1) is 9.00. The van der Waals surface area contributed by atoms with Crippen LogP contribution in [0.15, 0.2) is 23.7 Å². The summed E-state index contributed by atoms with van der Waals surface area (Å²) in [5.74, 6) is -0.876. The molecule has 2 N–H and O–H groups in total. The molecule has 0 unspecified atom stereocenters. The van der Waals surface area contributed by atoms with Gasteiger partial charge in [-0.1, -0.05) is 6.07 Å². The van der Waals surface area contributed by atoms with E-state index >= 15 is 0 Å². The van der Waals surface area contributed by atoms with Crippen LogP contribution in [0.2, 0.25) is 0 Å². The molecule has 0 radical (unpaired) electrons. The molecule has 100 valence electrons. The summed E-state index contributed by atoms with van der Waals surface area (Å²) < 4.78 is 0. The molecule has 5 nitrogen and oxygen atoms in total. The van der Waals surface area contributed by atoms with E-state index in [9.17, 15) is 15.0 Å². The number of carbonyl (C=O) groups is 1. The van der Waals surface area contributed by atoms with Crippen LogP contribution in [0.1, 0.15) is 20.9 Å². The summed E-state index contributed by atoms with van der Waals surface area (Å²) >= 11 is 1.47. The second-order valence-electron chi connectivity index (χ2n) is 4.19. The fourth-order valence-corrected chi connectivity index (χ4v) is 2.53. The van der Waals surface area contributed by atoms with Crippen LogP contribution < -0.4 is 0 Å². The lowest BCUT2D eigenvalue weighted by atomic mass is 10.1. The van der Waals surface area contributed by atoms with Crippen LogP contribution in [0, 0.1) is 6.92 Å². The lowest BCUT2D eigenvalue weighted by molar-refractivity contribution is 0.0780. The third kappa shape index (κ3) is 2.68. The number of aromatic hydroxyl groups is 2. The first-order valence-corrected chi connectivity index (χ1v) is 6.54. The molecular formula is C13H14N2O3S. The Labute approximate surface area is 114 Å². The predicted octanol–water partition coefficient (Wildman–Crippen LogP) is 2.13. The minimum absolute atomic E-state index is 0.0767. The number of aryl methyl sites for hydroxylation is 1. The zero-order valence-corrected chi connectivity index (χ0v) is 11.4. The predicted molar refractivity (Wildman–Crippen MR) is 72.4 cm³/mol. The first kappa shape index (κ1) is 13.4. The molecule has 0 aliphatic heterocycles. The van der Waals surface area contributed by atoms with Gasteiger partial charge in [-0.25, -0.2) is 4.98 Å². The summed E-state index contributed by atoms with van der Waals surface area (Å²) in [6, 6.07) is 4.23. The Kier molecular flexibility index (Phi) is 3.71. The van der Waals surface area contributed by atoms with Crippen LogP contribution in [-0.4, -0.2) is 33.1 Å². The van der Waals surface area contributed by atoms with Crippen molar-refractivity contribution in [1.82, 2.24) is 9.88 Å². The zero-order chi connectivity index (χ0) is 14.0. The van der Waals surface area contributed by atoms with Crippen molar-refractivity contribution in [3.05, 3.63) is 39.8 Å². The quantitative estimate of drug-likeness (QED) is 0.902. The van der Waals surface area contributed by atoms with Crippen molar-refractivity contribution in [2.24, 2.45) is 0 Å². The first-order valence-electron chi connectivity index (χ1n) is 5.66. The third-order valence-corrected chi connectivity index (χ3v) is 3.73. The summed E-state index contributed by atoms with van der Waals surface area (Å²) in [4.78, 5) is 18.7. The Morgan fingerprint density at radius 1 is 1.37 bits per heavy atom. The van der Waals surface area contributed by atoms with Gasteiger partial charge in [0.2, 0.25) is 0 Å². The number of amides is 1. The number of hydrogen-bond donors (Lipinski definition) is 2. The molecule has 0 fully saturated rings. The largest absolute Gasteiger partial charge is 0.507 e. The minimum Gasteiger partial charge on any atom is -0.507 e. The molecule has 2 aromatic rings. The molecule has 19 heavy (non-hydrogen) atoms. The van der Waals surface area contributed by atoms with Crippen LogP contribution in [0.4, 0.5) is 0 Å². The summed E-state index contributed by atoms with van der Waals surface area (Å²) in [6.45, 7) is 2.27. The Bertz CT molecular complexity index is 589. The van der Waals surface area contributed by atoms with Crippen LogP contribution in [0.5, 0.6) is 11.5 Å². The van der Waals surface area contributed by atoms with E-state index in [1.165, 1.54) is 34.4 Å². The highest BCUT2D eigenvalue weighted by atomic mass is 32.1. The van der Waals surface area contributed by atoms with Gasteiger partial charge in [0.15, 0.2) is 0 Å². The summed E-state index contributed by atoms with van der Waals surface area (Å²) in [5, 5.41) is 19.3. The average Bonchev–Trinajstić information content (AvgIpc) is 2.74. The van der Waals surface area contributed by atoms with E-state index in [1.54, 1.807) is 12.6 Å². The molecule has 0 atom stereocenters. The third-order valence-electron chi connectivity index (χ3n) is 2.81. The molecular weight excluding hydrogens is 264 g/mol. The van der Waals surface area contributed by atoms with Crippen molar-refractivity contribution in [2.45, 2.75) is 13.5 Å². The Morgan fingerprint density at radius 2 is 2.00 bits per heavy atom. The fraction of sp³-hybridized carbons (Fsp3) is 0.231. The summed E-state index contributed by atoms with van der Waals surface area (Å²) in [6.07, 6.45) is 0. The van der Waals surface area contributed by atoms with Gasteiger partial charge < -0.3 is 15.1 Å². The van der Waals surface area contributed by atoms with Gasteiger partial charge in [0, 0.05) is 11.9 Å². The van der Waals surface area contributed by atoms with E-state index in [0.717, 1.165) is 10.6 Å². The number of rotatable bonds is 3. The second-order valence-corrected chi connectivity index (χ2v) is 5.13. The van der Waals surface area contributed by atoms with Crippen molar-refractivity contribution in [3.63, 3.8) is 0 Å². The van der Waals surface area contributed by atoms with Crippen molar-refractivity contribution in [2.75, 3.05) is 7.05 Å². The molecule has 2 rings (SSSR count). The number of aromatic nitrogens is 1.